The number of aliphatic hydroxyl groups is 1. The number of hydrogen-bond acceptors (Lipinski definition) is 3. The highest BCUT2D eigenvalue weighted by atomic mass is 35.5. The van der Waals surface area contributed by atoms with Gasteiger partial charge in [0, 0.05) is 6.04 Å². The number of carbonyl (C=O) groups excluding carboxylic acids is 1. The Bertz CT molecular complexity index is 527. The van der Waals surface area contributed by atoms with Crippen molar-refractivity contribution in [2.75, 3.05) is 18.4 Å². The molecule has 1 aromatic carbocycles. The highest BCUT2D eigenvalue weighted by Gasteiger charge is 2.29. The first kappa shape index (κ1) is 17.2. The summed E-state index contributed by atoms with van der Waals surface area (Å²) in [4.78, 5) is 14.2. The van der Waals surface area contributed by atoms with Crippen LogP contribution in [-0.2, 0) is 4.79 Å². The minimum absolute atomic E-state index is 0.0215. The van der Waals surface area contributed by atoms with E-state index in [0.29, 0.717) is 12.1 Å². The topological polar surface area (TPSA) is 52.6 Å². The minimum atomic E-state index is -0.440. The van der Waals surface area contributed by atoms with Crippen LogP contribution in [0.1, 0.15) is 32.6 Å². The molecule has 2 N–H and O–H groups in total. The average Bonchev–Trinajstić information content (AvgIpc) is 2.50. The van der Waals surface area contributed by atoms with Gasteiger partial charge in [-0.25, -0.2) is 4.39 Å². The fraction of sp³-hybridized carbons (Fsp3) is 0.562. The number of anilines is 1. The number of nitrogens with one attached hydrogen (secondary N) is 1. The first-order valence-corrected chi connectivity index (χ1v) is 8.06. The second kappa shape index (κ2) is 7.90. The highest BCUT2D eigenvalue weighted by molar-refractivity contribution is 6.33. The van der Waals surface area contributed by atoms with E-state index < -0.39 is 11.9 Å². The van der Waals surface area contributed by atoms with E-state index in [0.717, 1.165) is 25.8 Å². The first-order valence-electron chi connectivity index (χ1n) is 7.68. The van der Waals surface area contributed by atoms with Gasteiger partial charge in [-0.05, 0) is 44.0 Å². The molecule has 1 aromatic rings. The van der Waals surface area contributed by atoms with Crippen LogP contribution in [0, 0.1) is 5.82 Å². The summed E-state index contributed by atoms with van der Waals surface area (Å²) in [6, 6.07) is 3.89. The van der Waals surface area contributed by atoms with Crippen LogP contribution >= 0.6 is 11.6 Å². The molecule has 0 spiro atoms. The highest BCUT2D eigenvalue weighted by Crippen LogP contribution is 2.24. The van der Waals surface area contributed by atoms with Gasteiger partial charge in [0.15, 0.2) is 0 Å². The summed E-state index contributed by atoms with van der Waals surface area (Å²) in [6.07, 6.45) is 3.26. The minimum Gasteiger partial charge on any atom is -0.392 e. The van der Waals surface area contributed by atoms with Crippen LogP contribution in [0.3, 0.4) is 0 Å². The van der Waals surface area contributed by atoms with Gasteiger partial charge in [-0.2, -0.15) is 0 Å². The molecule has 0 aliphatic carbocycles. The molecule has 1 aliphatic rings. The Labute approximate surface area is 135 Å². The maximum atomic E-state index is 13.0. The van der Waals surface area contributed by atoms with Crippen LogP contribution in [0.5, 0.6) is 0 Å². The van der Waals surface area contributed by atoms with Crippen LogP contribution in [0.15, 0.2) is 18.2 Å². The third kappa shape index (κ3) is 4.41. The number of hydrogen-bond donors (Lipinski definition) is 2. The van der Waals surface area contributed by atoms with Crippen LogP contribution < -0.4 is 5.32 Å². The zero-order valence-corrected chi connectivity index (χ0v) is 13.4. The normalized spacial score (nSPS) is 20.6. The third-order valence-corrected chi connectivity index (χ3v) is 4.39. The second-order valence-corrected chi connectivity index (χ2v) is 6.09. The Morgan fingerprint density at radius 2 is 2.32 bits per heavy atom. The summed E-state index contributed by atoms with van der Waals surface area (Å²) in [5.41, 5.74) is 0.401. The van der Waals surface area contributed by atoms with Crippen molar-refractivity contribution < 1.29 is 14.3 Å². The van der Waals surface area contributed by atoms with Crippen molar-refractivity contribution >= 4 is 23.2 Å². The molecular weight excluding hydrogens is 307 g/mol. The Hall–Kier alpha value is -1.17. The van der Waals surface area contributed by atoms with Gasteiger partial charge < -0.3 is 10.4 Å². The first-order chi connectivity index (χ1) is 10.5. The molecule has 1 amide bonds. The largest absolute Gasteiger partial charge is 0.392 e. The lowest BCUT2D eigenvalue weighted by Crippen LogP contribution is -2.49. The summed E-state index contributed by atoms with van der Waals surface area (Å²) in [6.45, 7) is 2.94. The summed E-state index contributed by atoms with van der Waals surface area (Å²) < 4.78 is 13.0. The van der Waals surface area contributed by atoms with E-state index in [2.05, 4.69) is 5.32 Å². The molecule has 1 aliphatic heterocycles. The van der Waals surface area contributed by atoms with Gasteiger partial charge in [-0.1, -0.05) is 24.9 Å². The number of piperidine rings is 1. The van der Waals surface area contributed by atoms with Gasteiger partial charge in [0.2, 0.25) is 5.91 Å². The Morgan fingerprint density at radius 1 is 1.55 bits per heavy atom. The smallest absolute Gasteiger partial charge is 0.238 e. The number of likely N-dealkylation sites (tertiary alicyclic amines) is 1. The van der Waals surface area contributed by atoms with Gasteiger partial charge in [0.1, 0.15) is 5.82 Å². The van der Waals surface area contributed by atoms with Crippen molar-refractivity contribution in [3.63, 3.8) is 0 Å². The monoisotopic (exact) mass is 328 g/mol. The molecule has 1 saturated heterocycles. The lowest BCUT2D eigenvalue weighted by Gasteiger charge is -2.37. The summed E-state index contributed by atoms with van der Waals surface area (Å²) in [5.74, 6) is -0.645. The van der Waals surface area contributed by atoms with Crippen LogP contribution in [-0.4, -0.2) is 41.1 Å². The molecule has 122 valence electrons. The lowest BCUT2D eigenvalue weighted by atomic mass is 9.96. The SMILES string of the molecule is CCC(O)C1CCCCN1CC(=O)Nc1ccc(F)cc1Cl. The number of amides is 1. The van der Waals surface area contributed by atoms with Gasteiger partial charge >= 0.3 is 0 Å². The molecule has 22 heavy (non-hydrogen) atoms. The fourth-order valence-corrected chi connectivity index (χ4v) is 3.10. The quantitative estimate of drug-likeness (QED) is 0.873. The molecule has 2 rings (SSSR count). The zero-order valence-electron chi connectivity index (χ0n) is 12.7. The van der Waals surface area contributed by atoms with Crippen molar-refractivity contribution in [1.82, 2.24) is 4.90 Å². The van der Waals surface area contributed by atoms with Gasteiger partial charge in [0.05, 0.1) is 23.4 Å². The predicted octanol–water partition coefficient (Wildman–Crippen LogP) is 3.04. The Morgan fingerprint density at radius 3 is 3.00 bits per heavy atom. The average molecular weight is 329 g/mol. The molecule has 1 heterocycles. The number of benzene rings is 1. The van der Waals surface area contributed by atoms with Crippen molar-refractivity contribution in [3.05, 3.63) is 29.0 Å². The Balaban J connectivity index is 1.97. The van der Waals surface area contributed by atoms with Gasteiger partial charge in [-0.15, -0.1) is 0 Å². The van der Waals surface area contributed by atoms with Crippen molar-refractivity contribution in [3.8, 4) is 0 Å². The molecule has 0 saturated carbocycles. The molecule has 0 aromatic heterocycles. The van der Waals surface area contributed by atoms with Gasteiger partial charge in [-0.3, -0.25) is 9.69 Å². The van der Waals surface area contributed by atoms with E-state index in [4.69, 9.17) is 11.6 Å². The molecule has 1 fully saturated rings. The van der Waals surface area contributed by atoms with Crippen molar-refractivity contribution in [2.24, 2.45) is 0 Å². The van der Waals surface area contributed by atoms with E-state index in [1.54, 1.807) is 0 Å². The van der Waals surface area contributed by atoms with Crippen molar-refractivity contribution in [1.29, 1.82) is 0 Å². The molecule has 6 heteroatoms. The van der Waals surface area contributed by atoms with Crippen LogP contribution in [0.2, 0.25) is 5.02 Å². The summed E-state index contributed by atoms with van der Waals surface area (Å²) in [5, 5.41) is 13.0. The summed E-state index contributed by atoms with van der Waals surface area (Å²) in [7, 11) is 0. The Kier molecular flexibility index (Phi) is 6.17. The fourth-order valence-electron chi connectivity index (χ4n) is 2.89. The van der Waals surface area contributed by atoms with Crippen molar-refractivity contribution in [2.45, 2.75) is 44.8 Å². The van der Waals surface area contributed by atoms with E-state index in [1.807, 2.05) is 11.8 Å². The standard InChI is InChI=1S/C16H22ClFN2O2/c1-2-15(21)14-5-3-4-8-20(14)10-16(22)19-13-7-6-11(18)9-12(13)17/h6-7,9,14-15,21H,2-5,8,10H2,1H3,(H,19,22). The van der Waals surface area contributed by atoms with E-state index in [-0.39, 0.29) is 23.5 Å². The number of carbonyl (C=O) groups is 1. The lowest BCUT2D eigenvalue weighted by molar-refractivity contribution is -0.119. The molecule has 0 radical (unpaired) electrons. The number of nitrogens with zero attached hydrogens (tertiary/aromatic N) is 1. The maximum Gasteiger partial charge on any atom is 0.238 e. The number of rotatable bonds is 5. The van der Waals surface area contributed by atoms with E-state index in [1.165, 1.54) is 18.2 Å². The number of halogens is 2. The molecule has 2 atom stereocenters. The van der Waals surface area contributed by atoms with Crippen LogP contribution in [0.25, 0.3) is 0 Å². The second-order valence-electron chi connectivity index (χ2n) is 5.68. The molecule has 2 unspecified atom stereocenters. The number of aliphatic hydroxyl groups excluding tert-OH is 1. The third-order valence-electron chi connectivity index (χ3n) is 4.08. The molecule has 0 bridgehead atoms. The zero-order chi connectivity index (χ0) is 16.1. The van der Waals surface area contributed by atoms with E-state index >= 15 is 0 Å². The predicted molar refractivity (Wildman–Crippen MR) is 85.5 cm³/mol. The van der Waals surface area contributed by atoms with E-state index in [9.17, 15) is 14.3 Å². The molecular formula is C16H22ClFN2O2. The van der Waals surface area contributed by atoms with Crippen LogP contribution in [0.4, 0.5) is 10.1 Å². The molecule has 4 nitrogen and oxygen atoms in total. The van der Waals surface area contributed by atoms with Gasteiger partial charge in [0.25, 0.3) is 0 Å². The maximum absolute atomic E-state index is 13.0. The summed E-state index contributed by atoms with van der Waals surface area (Å²) >= 11 is 5.91.